The van der Waals surface area contributed by atoms with Gasteiger partial charge in [0.25, 0.3) is 0 Å². The van der Waals surface area contributed by atoms with Crippen LogP contribution in [-0.2, 0) is 0 Å². The number of likely N-dealkylation sites (tertiary alicyclic amines) is 1. The van der Waals surface area contributed by atoms with Crippen LogP contribution in [0.15, 0.2) is 0 Å². The molecule has 1 aliphatic rings. The zero-order valence-corrected chi connectivity index (χ0v) is 11.2. The molecule has 0 saturated carbocycles. The first-order valence-electron chi connectivity index (χ1n) is 5.60. The van der Waals surface area contributed by atoms with E-state index >= 15 is 0 Å². The zero-order valence-electron chi connectivity index (χ0n) is 9.06. The average molecular weight is 296 g/mol. The van der Waals surface area contributed by atoms with Crippen molar-refractivity contribution in [2.24, 2.45) is 5.92 Å². The van der Waals surface area contributed by atoms with E-state index in [9.17, 15) is 0 Å². The minimum absolute atomic E-state index is 1.02. The Morgan fingerprint density at radius 3 is 2.38 bits per heavy atom. The largest absolute Gasteiger partial charge is 0.326 e. The van der Waals surface area contributed by atoms with Crippen molar-refractivity contribution in [3.8, 4) is 0 Å². The maximum Gasteiger partial charge on any atom is 0.0787 e. The zero-order chi connectivity index (χ0) is 9.73. The molecule has 0 aromatic rings. The van der Waals surface area contributed by atoms with Crippen LogP contribution in [0.25, 0.3) is 0 Å². The SMILES string of the molecule is CCCC[N+]1(C)CCC(CI)CC1. The van der Waals surface area contributed by atoms with Gasteiger partial charge in [0.1, 0.15) is 0 Å². The van der Waals surface area contributed by atoms with E-state index in [1.165, 1.54) is 54.2 Å². The third kappa shape index (κ3) is 3.74. The number of rotatable bonds is 4. The molecule has 13 heavy (non-hydrogen) atoms. The molecule has 0 aromatic carbocycles. The lowest BCUT2D eigenvalue weighted by molar-refractivity contribution is -0.915. The fourth-order valence-corrected chi connectivity index (χ4v) is 3.04. The number of quaternary nitrogens is 1. The highest BCUT2D eigenvalue weighted by Gasteiger charge is 2.28. The van der Waals surface area contributed by atoms with Crippen LogP contribution < -0.4 is 0 Å². The Bertz CT molecular complexity index is 139. The van der Waals surface area contributed by atoms with Crippen molar-refractivity contribution >= 4 is 22.6 Å². The van der Waals surface area contributed by atoms with Crippen molar-refractivity contribution in [3.05, 3.63) is 0 Å². The Morgan fingerprint density at radius 1 is 1.31 bits per heavy atom. The molecule has 0 spiro atoms. The van der Waals surface area contributed by atoms with Crippen molar-refractivity contribution in [2.45, 2.75) is 32.6 Å². The van der Waals surface area contributed by atoms with Gasteiger partial charge in [-0.2, -0.15) is 0 Å². The minimum Gasteiger partial charge on any atom is -0.326 e. The van der Waals surface area contributed by atoms with E-state index in [2.05, 4.69) is 36.6 Å². The Morgan fingerprint density at radius 2 is 1.92 bits per heavy atom. The molecule has 78 valence electrons. The summed E-state index contributed by atoms with van der Waals surface area (Å²) in [5.74, 6) is 1.02. The second-order valence-corrected chi connectivity index (χ2v) is 5.62. The minimum atomic E-state index is 1.02. The van der Waals surface area contributed by atoms with Crippen molar-refractivity contribution in [1.29, 1.82) is 0 Å². The molecule has 0 atom stereocenters. The maximum atomic E-state index is 2.54. The molecule has 2 heteroatoms. The molecule has 1 rings (SSSR count). The molecule has 1 heterocycles. The van der Waals surface area contributed by atoms with Gasteiger partial charge >= 0.3 is 0 Å². The second kappa shape index (κ2) is 5.54. The summed E-state index contributed by atoms with van der Waals surface area (Å²) in [4.78, 5) is 0. The normalized spacial score (nSPS) is 34.8. The third-order valence-electron chi connectivity index (χ3n) is 3.42. The number of hydrogen-bond acceptors (Lipinski definition) is 0. The molecule has 0 radical (unpaired) electrons. The fourth-order valence-electron chi connectivity index (χ4n) is 2.16. The predicted molar refractivity (Wildman–Crippen MR) is 67.3 cm³/mol. The number of nitrogens with zero attached hydrogens (tertiary/aromatic N) is 1. The quantitative estimate of drug-likeness (QED) is 0.425. The van der Waals surface area contributed by atoms with Gasteiger partial charge in [-0.25, -0.2) is 0 Å². The lowest BCUT2D eigenvalue weighted by atomic mass is 9.97. The van der Waals surface area contributed by atoms with Crippen LogP contribution >= 0.6 is 22.6 Å². The number of unbranched alkanes of at least 4 members (excludes halogenated alkanes) is 1. The van der Waals surface area contributed by atoms with Crippen LogP contribution in [0.5, 0.6) is 0 Å². The van der Waals surface area contributed by atoms with E-state index in [0.29, 0.717) is 0 Å². The van der Waals surface area contributed by atoms with E-state index in [0.717, 1.165) is 5.92 Å². The van der Waals surface area contributed by atoms with Gasteiger partial charge in [-0.1, -0.05) is 35.9 Å². The van der Waals surface area contributed by atoms with Crippen LogP contribution in [0.2, 0.25) is 0 Å². The molecule has 0 aromatic heterocycles. The molecule has 1 saturated heterocycles. The van der Waals surface area contributed by atoms with Crippen LogP contribution in [-0.4, -0.2) is 35.6 Å². The first-order chi connectivity index (χ1) is 6.20. The van der Waals surface area contributed by atoms with E-state index in [1.54, 1.807) is 0 Å². The lowest BCUT2D eigenvalue weighted by Crippen LogP contribution is -2.50. The molecule has 0 bridgehead atoms. The molecule has 0 amide bonds. The summed E-state index contributed by atoms with van der Waals surface area (Å²) < 4.78 is 2.71. The Kier molecular flexibility index (Phi) is 5.01. The summed E-state index contributed by atoms with van der Waals surface area (Å²) in [6, 6.07) is 0. The number of piperidine rings is 1. The van der Waals surface area contributed by atoms with Crippen LogP contribution in [0.3, 0.4) is 0 Å². The number of halogens is 1. The molecule has 1 aliphatic heterocycles. The predicted octanol–water partition coefficient (Wildman–Crippen LogP) is 3.08. The van der Waals surface area contributed by atoms with E-state index in [1.807, 2.05) is 0 Å². The Balaban J connectivity index is 2.28. The Labute approximate surface area is 96.6 Å². The first kappa shape index (κ1) is 11.8. The van der Waals surface area contributed by atoms with Crippen molar-refractivity contribution in [2.75, 3.05) is 31.1 Å². The van der Waals surface area contributed by atoms with Crippen LogP contribution in [0, 0.1) is 5.92 Å². The van der Waals surface area contributed by atoms with Gasteiger partial charge in [0.15, 0.2) is 0 Å². The summed E-state index contributed by atoms with van der Waals surface area (Å²) in [5.41, 5.74) is 0. The fraction of sp³-hybridized carbons (Fsp3) is 1.00. The topological polar surface area (TPSA) is 0 Å². The first-order valence-corrected chi connectivity index (χ1v) is 7.12. The van der Waals surface area contributed by atoms with Crippen LogP contribution in [0.1, 0.15) is 32.6 Å². The number of alkyl halides is 1. The van der Waals surface area contributed by atoms with Crippen molar-refractivity contribution in [3.63, 3.8) is 0 Å². The van der Waals surface area contributed by atoms with E-state index in [4.69, 9.17) is 0 Å². The standard InChI is InChI=1S/C11H23IN/c1-3-4-7-13(2)8-5-11(10-12)6-9-13/h11H,3-10H2,1-2H3/q+1. The third-order valence-corrected chi connectivity index (χ3v) is 4.67. The van der Waals surface area contributed by atoms with Gasteiger partial charge in [0, 0.05) is 17.3 Å². The summed E-state index contributed by atoms with van der Waals surface area (Å²) >= 11 is 2.54. The Hall–Kier alpha value is 0.690. The highest BCUT2D eigenvalue weighted by molar-refractivity contribution is 14.1. The molecule has 0 N–H and O–H groups in total. The monoisotopic (exact) mass is 296 g/mol. The van der Waals surface area contributed by atoms with E-state index < -0.39 is 0 Å². The molecular formula is C11H23IN+. The highest BCUT2D eigenvalue weighted by atomic mass is 127. The van der Waals surface area contributed by atoms with Gasteiger partial charge in [-0.15, -0.1) is 0 Å². The average Bonchev–Trinajstić information content (AvgIpc) is 2.16. The molecular weight excluding hydrogens is 273 g/mol. The van der Waals surface area contributed by atoms with Gasteiger partial charge in [0.2, 0.25) is 0 Å². The molecule has 0 unspecified atom stereocenters. The van der Waals surface area contributed by atoms with Gasteiger partial charge in [-0.3, -0.25) is 0 Å². The van der Waals surface area contributed by atoms with Crippen molar-refractivity contribution < 1.29 is 4.48 Å². The smallest absolute Gasteiger partial charge is 0.0787 e. The molecule has 0 aliphatic carbocycles. The summed E-state index contributed by atoms with van der Waals surface area (Å²) in [6.07, 6.45) is 5.68. The van der Waals surface area contributed by atoms with Gasteiger partial charge < -0.3 is 4.48 Å². The maximum absolute atomic E-state index is 2.54. The molecule has 1 nitrogen and oxygen atoms in total. The summed E-state index contributed by atoms with van der Waals surface area (Å²) in [7, 11) is 2.44. The van der Waals surface area contributed by atoms with Gasteiger partial charge in [-0.05, 0) is 12.3 Å². The van der Waals surface area contributed by atoms with Crippen molar-refractivity contribution in [1.82, 2.24) is 0 Å². The van der Waals surface area contributed by atoms with Gasteiger partial charge in [0.05, 0.1) is 26.7 Å². The lowest BCUT2D eigenvalue weighted by Gasteiger charge is -2.40. The summed E-state index contributed by atoms with van der Waals surface area (Å²) in [6.45, 7) is 6.55. The number of hydrogen-bond donors (Lipinski definition) is 0. The second-order valence-electron chi connectivity index (χ2n) is 4.74. The van der Waals surface area contributed by atoms with Crippen LogP contribution in [0.4, 0.5) is 0 Å². The molecule has 1 fully saturated rings. The van der Waals surface area contributed by atoms with E-state index in [-0.39, 0.29) is 0 Å². The highest BCUT2D eigenvalue weighted by Crippen LogP contribution is 2.23. The summed E-state index contributed by atoms with van der Waals surface area (Å²) in [5, 5.41) is 0.